The summed E-state index contributed by atoms with van der Waals surface area (Å²) >= 11 is 0. The largest absolute Gasteiger partial charge is 0.343 e. The highest BCUT2D eigenvalue weighted by Gasteiger charge is 2.25. The lowest BCUT2D eigenvalue weighted by Crippen LogP contribution is -2.55. The summed E-state index contributed by atoms with van der Waals surface area (Å²) in [5.74, 6) is 0.286. The van der Waals surface area contributed by atoms with Crippen molar-refractivity contribution in [1.29, 1.82) is 0 Å². The molecular weight excluding hydrogens is 276 g/mol. The minimum absolute atomic E-state index is 0.0136. The van der Waals surface area contributed by atoms with Crippen molar-refractivity contribution in [2.75, 3.05) is 13.3 Å². The normalized spacial score (nSPS) is 17.2. The van der Waals surface area contributed by atoms with E-state index >= 15 is 0 Å². The molecule has 1 heterocycles. The molecule has 0 saturated heterocycles. The van der Waals surface area contributed by atoms with Crippen LogP contribution in [0.15, 0.2) is 40.2 Å². The molecule has 0 atom stereocenters. The molecule has 0 aromatic heterocycles. The third kappa shape index (κ3) is 3.49. The number of nitrogens with zero attached hydrogens (tertiary/aromatic N) is 2. The summed E-state index contributed by atoms with van der Waals surface area (Å²) in [6, 6.07) is 8.25. The van der Waals surface area contributed by atoms with Crippen molar-refractivity contribution in [3.8, 4) is 0 Å². The monoisotopic (exact) mass is 296 g/mol. The predicted molar refractivity (Wildman–Crippen MR) is 78.7 cm³/mol. The van der Waals surface area contributed by atoms with Crippen molar-refractivity contribution in [2.24, 2.45) is 4.99 Å². The fraction of sp³-hybridized carbons (Fsp3) is 0.462. The van der Waals surface area contributed by atoms with Gasteiger partial charge < -0.3 is 5.32 Å². The zero-order valence-electron chi connectivity index (χ0n) is 11.9. The van der Waals surface area contributed by atoms with Gasteiger partial charge in [-0.15, -0.1) is 0 Å². The second-order valence-electron chi connectivity index (χ2n) is 5.61. The number of sulfonamides is 1. The van der Waals surface area contributed by atoms with Gasteiger partial charge in [0.15, 0.2) is 0 Å². The van der Waals surface area contributed by atoms with Crippen LogP contribution in [-0.2, 0) is 10.0 Å². The van der Waals surface area contributed by atoms with E-state index < -0.39 is 10.0 Å². The molecule has 0 fully saturated rings. The van der Waals surface area contributed by atoms with E-state index in [0.717, 1.165) is 0 Å². The van der Waals surface area contributed by atoms with Gasteiger partial charge in [-0.2, -0.15) is 0 Å². The Morgan fingerprint density at radius 2 is 1.90 bits per heavy atom. The molecule has 20 heavy (non-hydrogen) atoms. The van der Waals surface area contributed by atoms with Crippen molar-refractivity contribution < 1.29 is 8.42 Å². The van der Waals surface area contributed by atoms with Crippen LogP contribution in [0.25, 0.3) is 0 Å². The Labute approximate surface area is 119 Å². The first-order chi connectivity index (χ1) is 9.29. The lowest BCUT2D eigenvalue weighted by atomic mass is 10.1. The number of hydrogen-bond donors (Lipinski definition) is 2. The molecule has 0 amide bonds. The molecule has 2 rings (SSSR count). The lowest BCUT2D eigenvalue weighted by molar-refractivity contribution is 0.130. The molecule has 2 N–H and O–H groups in total. The molecule has 1 aromatic rings. The van der Waals surface area contributed by atoms with Gasteiger partial charge in [-0.3, -0.25) is 4.90 Å². The van der Waals surface area contributed by atoms with Gasteiger partial charge >= 0.3 is 0 Å². The van der Waals surface area contributed by atoms with Crippen molar-refractivity contribution >= 4 is 16.0 Å². The topological polar surface area (TPSA) is 73.8 Å². The van der Waals surface area contributed by atoms with Crippen LogP contribution in [0.2, 0.25) is 0 Å². The Morgan fingerprint density at radius 3 is 2.40 bits per heavy atom. The molecule has 6 nitrogen and oxygen atoms in total. The first-order valence-electron chi connectivity index (χ1n) is 6.40. The summed E-state index contributed by atoms with van der Waals surface area (Å²) in [7, 11) is -3.57. The minimum atomic E-state index is -3.57. The Kier molecular flexibility index (Phi) is 4.01. The lowest BCUT2D eigenvalue weighted by Gasteiger charge is -2.37. The van der Waals surface area contributed by atoms with E-state index in [2.05, 4.69) is 40.7 Å². The number of aliphatic imine (C=N–C) groups is 1. The standard InChI is InChI=1S/C13H20N4O2S/c1-13(2,3)17-9-14-12(15-10-17)16-20(18,19)11-7-5-4-6-8-11/h4-8H,9-10H2,1-3H3,(H2,14,15,16). The summed E-state index contributed by atoms with van der Waals surface area (Å²) in [5, 5.41) is 2.99. The van der Waals surface area contributed by atoms with E-state index in [1.807, 2.05) is 0 Å². The van der Waals surface area contributed by atoms with Crippen LogP contribution in [0, 0.1) is 0 Å². The third-order valence-electron chi connectivity index (χ3n) is 3.07. The molecule has 0 bridgehead atoms. The molecule has 0 spiro atoms. The minimum Gasteiger partial charge on any atom is -0.343 e. The Hall–Kier alpha value is -1.60. The average Bonchev–Trinajstić information content (AvgIpc) is 2.39. The number of nitrogens with one attached hydrogen (secondary N) is 2. The van der Waals surface area contributed by atoms with Crippen molar-refractivity contribution in [3.63, 3.8) is 0 Å². The van der Waals surface area contributed by atoms with E-state index in [-0.39, 0.29) is 16.4 Å². The Balaban J connectivity index is 2.07. The maximum Gasteiger partial charge on any atom is 0.264 e. The van der Waals surface area contributed by atoms with Crippen LogP contribution < -0.4 is 10.0 Å². The highest BCUT2D eigenvalue weighted by molar-refractivity contribution is 7.90. The first-order valence-corrected chi connectivity index (χ1v) is 7.88. The summed E-state index contributed by atoms with van der Waals surface area (Å²) in [6.45, 7) is 7.28. The summed E-state index contributed by atoms with van der Waals surface area (Å²) in [4.78, 5) is 6.56. The quantitative estimate of drug-likeness (QED) is 0.852. The van der Waals surface area contributed by atoms with Crippen molar-refractivity contribution in [3.05, 3.63) is 30.3 Å². The molecule has 0 radical (unpaired) electrons. The molecule has 1 aliphatic heterocycles. The summed E-state index contributed by atoms with van der Waals surface area (Å²) in [5.41, 5.74) is -0.0136. The number of benzene rings is 1. The van der Waals surface area contributed by atoms with Gasteiger partial charge in [-0.05, 0) is 32.9 Å². The van der Waals surface area contributed by atoms with E-state index in [1.165, 1.54) is 0 Å². The summed E-state index contributed by atoms with van der Waals surface area (Å²) < 4.78 is 26.7. The smallest absolute Gasteiger partial charge is 0.264 e. The van der Waals surface area contributed by atoms with Gasteiger partial charge in [0.05, 0.1) is 18.2 Å². The van der Waals surface area contributed by atoms with E-state index in [1.54, 1.807) is 30.3 Å². The zero-order chi connectivity index (χ0) is 14.8. The maximum atomic E-state index is 12.1. The molecule has 0 aliphatic carbocycles. The highest BCUT2D eigenvalue weighted by Crippen LogP contribution is 2.13. The first kappa shape index (κ1) is 14.8. The van der Waals surface area contributed by atoms with Crippen molar-refractivity contribution in [1.82, 2.24) is 14.9 Å². The van der Waals surface area contributed by atoms with Gasteiger partial charge in [0.25, 0.3) is 10.0 Å². The van der Waals surface area contributed by atoms with E-state index in [0.29, 0.717) is 13.3 Å². The average molecular weight is 296 g/mol. The van der Waals surface area contributed by atoms with Crippen LogP contribution in [0.4, 0.5) is 0 Å². The Bertz CT molecular complexity index is 591. The van der Waals surface area contributed by atoms with Crippen LogP contribution in [0.3, 0.4) is 0 Å². The summed E-state index contributed by atoms with van der Waals surface area (Å²) in [6.07, 6.45) is 0. The molecule has 110 valence electrons. The molecule has 1 aliphatic rings. The molecule has 0 saturated carbocycles. The van der Waals surface area contributed by atoms with Crippen LogP contribution in [0.1, 0.15) is 20.8 Å². The van der Waals surface area contributed by atoms with Crippen LogP contribution in [-0.4, -0.2) is 38.2 Å². The molecule has 7 heteroatoms. The fourth-order valence-corrected chi connectivity index (χ4v) is 2.76. The van der Waals surface area contributed by atoms with Gasteiger partial charge in [0.1, 0.15) is 0 Å². The second-order valence-corrected chi connectivity index (χ2v) is 7.29. The molecular formula is C13H20N4O2S. The third-order valence-corrected chi connectivity index (χ3v) is 4.42. The zero-order valence-corrected chi connectivity index (χ0v) is 12.7. The van der Waals surface area contributed by atoms with Gasteiger partial charge in [0, 0.05) is 5.54 Å². The van der Waals surface area contributed by atoms with Gasteiger partial charge in [-0.1, -0.05) is 18.2 Å². The molecule has 1 aromatic carbocycles. The maximum absolute atomic E-state index is 12.1. The molecule has 0 unspecified atom stereocenters. The van der Waals surface area contributed by atoms with Crippen LogP contribution >= 0.6 is 0 Å². The second kappa shape index (κ2) is 5.41. The van der Waals surface area contributed by atoms with Crippen LogP contribution in [0.5, 0.6) is 0 Å². The Morgan fingerprint density at radius 1 is 1.25 bits per heavy atom. The number of hydrogen-bond acceptors (Lipinski definition) is 5. The highest BCUT2D eigenvalue weighted by atomic mass is 32.2. The SMILES string of the molecule is CC(C)(C)N1CN=C(NS(=O)(=O)c2ccccc2)NC1. The number of guanidine groups is 1. The van der Waals surface area contributed by atoms with E-state index in [9.17, 15) is 8.42 Å². The van der Waals surface area contributed by atoms with Crippen molar-refractivity contribution in [2.45, 2.75) is 31.2 Å². The van der Waals surface area contributed by atoms with Gasteiger partial charge in [-0.25, -0.2) is 18.1 Å². The van der Waals surface area contributed by atoms with Gasteiger partial charge in [0.2, 0.25) is 5.96 Å². The van der Waals surface area contributed by atoms with E-state index in [4.69, 9.17) is 0 Å². The fourth-order valence-electron chi connectivity index (χ4n) is 1.74. The predicted octanol–water partition coefficient (Wildman–Crippen LogP) is 0.940. The number of rotatable bonds is 2.